The molecule has 6 aliphatic heterocycles. The van der Waals surface area contributed by atoms with Gasteiger partial charge in [0.05, 0.1) is 11.4 Å². The number of rotatable bonds is 5. The summed E-state index contributed by atoms with van der Waals surface area (Å²) in [6.07, 6.45) is 7.75. The van der Waals surface area contributed by atoms with E-state index in [-0.39, 0.29) is 20.1 Å². The maximum Gasteiger partial charge on any atom is 0.262 e. The number of ether oxygens (including phenoxy) is 3. The fourth-order valence-corrected chi connectivity index (χ4v) is 18.7. The number of aromatic nitrogens is 2. The van der Waals surface area contributed by atoms with E-state index < -0.39 is 0 Å². The molecule has 18 rings (SSSR count). The Bertz CT molecular complexity index is 5130. The molecule has 0 radical (unpaired) electrons. The normalized spacial score (nSPS) is 13.6. The summed E-state index contributed by atoms with van der Waals surface area (Å²) in [4.78, 5) is 15.0. The van der Waals surface area contributed by atoms with Crippen LogP contribution in [0.5, 0.6) is 34.5 Å². The van der Waals surface area contributed by atoms with Gasteiger partial charge in [-0.15, -0.1) is 0 Å². The summed E-state index contributed by atoms with van der Waals surface area (Å²) < 4.78 is 21.8. The number of hydrogen-bond acceptors (Lipinski definition) is 8. The molecule has 2 aromatic heterocycles. The molecule has 0 unspecified atom stereocenters. The zero-order valence-electron chi connectivity index (χ0n) is 57.3. The van der Waals surface area contributed by atoms with Gasteiger partial charge in [0.1, 0.15) is 34.5 Å². The molecule has 1 N–H and O–H groups in total. The molecule has 0 saturated heterocycles. The summed E-state index contributed by atoms with van der Waals surface area (Å²) in [7, 11) is 0. The Balaban J connectivity index is 0.965. The Morgan fingerprint density at radius 1 is 0.292 bits per heavy atom. The number of anilines is 8. The van der Waals surface area contributed by atoms with Crippen LogP contribution in [-0.4, -0.2) is 30.1 Å². The van der Waals surface area contributed by atoms with Gasteiger partial charge >= 0.3 is 0 Å². The van der Waals surface area contributed by atoms with Crippen molar-refractivity contribution in [3.8, 4) is 67.9 Å². The SMILES string of the molecule is Cc1cc(C)c(-c2cc3c4c(c2)Oc2ccncc2B4c2cc4c(cc2N3)N(c2c(C)cc(C)cc2C)c2cc(-c3c(C)cc(C)cc3C)cc3c2B4c2cc4c(cc2N3c2c(C)cc(C)cc2C)Oc2cc(-c3c(C)cc(C)cc3C)cc3c2B4c2cnccc2O3)c(C)c1. The summed E-state index contributed by atoms with van der Waals surface area (Å²) in [6.45, 7) is 32.9. The van der Waals surface area contributed by atoms with Gasteiger partial charge in [0.2, 0.25) is 0 Å². The van der Waals surface area contributed by atoms with Crippen molar-refractivity contribution >= 4 is 115 Å². The van der Waals surface area contributed by atoms with Crippen LogP contribution in [0.15, 0.2) is 158 Å². The molecule has 0 atom stereocenters. The first-order valence-corrected chi connectivity index (χ1v) is 33.8. The summed E-state index contributed by atoms with van der Waals surface area (Å²) in [6, 6.07) is 51.5. The number of pyridine rings is 2. The first kappa shape index (κ1) is 58.1. The summed E-state index contributed by atoms with van der Waals surface area (Å²) >= 11 is 0. The van der Waals surface area contributed by atoms with Crippen molar-refractivity contribution in [3.63, 3.8) is 0 Å². The smallest absolute Gasteiger partial charge is 0.262 e. The maximum absolute atomic E-state index is 7.63. The van der Waals surface area contributed by atoms with Gasteiger partial charge in [0, 0.05) is 70.4 Å². The van der Waals surface area contributed by atoms with E-state index in [0.29, 0.717) is 0 Å². The summed E-state index contributed by atoms with van der Waals surface area (Å²) in [5.41, 5.74) is 44.4. The highest BCUT2D eigenvalue weighted by molar-refractivity contribution is 7.04. The molecule has 0 bridgehead atoms. The van der Waals surface area contributed by atoms with Crippen molar-refractivity contribution in [2.45, 2.75) is 104 Å². The third-order valence-electron chi connectivity index (χ3n) is 21.6. The Labute approximate surface area is 564 Å². The van der Waals surface area contributed by atoms with E-state index in [0.717, 1.165) is 113 Å². The van der Waals surface area contributed by atoms with Crippen LogP contribution in [0, 0.1) is 104 Å². The zero-order valence-corrected chi connectivity index (χ0v) is 57.3. The quantitative estimate of drug-likeness (QED) is 0.171. The number of benzene rings is 10. The average Bonchev–Trinajstić information content (AvgIpc) is 0.678. The van der Waals surface area contributed by atoms with Gasteiger partial charge in [-0.25, -0.2) is 0 Å². The molecule has 10 aromatic carbocycles. The Hall–Kier alpha value is -10.5. The summed E-state index contributed by atoms with van der Waals surface area (Å²) in [5, 5.41) is 4.17. The molecule has 464 valence electrons. The van der Waals surface area contributed by atoms with Gasteiger partial charge in [0.25, 0.3) is 20.1 Å². The largest absolute Gasteiger partial charge is 0.458 e. The van der Waals surface area contributed by atoms with Crippen molar-refractivity contribution in [1.29, 1.82) is 0 Å². The Morgan fingerprint density at radius 3 is 1.11 bits per heavy atom. The van der Waals surface area contributed by atoms with Gasteiger partial charge in [-0.2, -0.15) is 0 Å². The van der Waals surface area contributed by atoms with E-state index in [1.54, 1.807) is 0 Å². The van der Waals surface area contributed by atoms with Crippen molar-refractivity contribution in [2.24, 2.45) is 0 Å². The average molecular weight is 1240 g/mol. The molecule has 0 saturated carbocycles. The number of aryl methyl sites for hydroxylation is 15. The Morgan fingerprint density at radius 2 is 0.656 bits per heavy atom. The van der Waals surface area contributed by atoms with E-state index in [9.17, 15) is 0 Å². The fraction of sp³-hybridized carbons (Fsp3) is 0.176. The molecule has 11 heteroatoms. The van der Waals surface area contributed by atoms with Crippen LogP contribution in [-0.2, 0) is 0 Å². The van der Waals surface area contributed by atoms with Crippen LogP contribution >= 0.6 is 0 Å². The summed E-state index contributed by atoms with van der Waals surface area (Å²) in [5.74, 6) is 4.87. The monoisotopic (exact) mass is 1240 g/mol. The predicted molar refractivity (Wildman–Crippen MR) is 402 cm³/mol. The van der Waals surface area contributed by atoms with Gasteiger partial charge in [0.15, 0.2) is 0 Å². The molecular weight excluding hydrogens is 1170 g/mol. The molecule has 8 heterocycles. The molecule has 8 nitrogen and oxygen atoms in total. The number of fused-ring (bicyclic) bond motifs is 12. The minimum Gasteiger partial charge on any atom is -0.458 e. The van der Waals surface area contributed by atoms with Crippen molar-refractivity contribution in [1.82, 2.24) is 9.97 Å². The van der Waals surface area contributed by atoms with Crippen LogP contribution in [0.1, 0.15) is 83.5 Å². The topological polar surface area (TPSA) is 72.0 Å². The molecule has 6 aliphatic rings. The highest BCUT2D eigenvalue weighted by Crippen LogP contribution is 2.52. The lowest BCUT2D eigenvalue weighted by atomic mass is 9.29. The minimum absolute atomic E-state index is 0.205. The van der Waals surface area contributed by atoms with Crippen molar-refractivity contribution in [2.75, 3.05) is 15.1 Å². The minimum atomic E-state index is -0.289. The lowest BCUT2D eigenvalue weighted by Crippen LogP contribution is -2.65. The van der Waals surface area contributed by atoms with E-state index >= 15 is 0 Å². The number of nitrogens with zero attached hydrogens (tertiary/aromatic N) is 4. The predicted octanol–water partition coefficient (Wildman–Crippen LogP) is 15.6. The van der Waals surface area contributed by atoms with Crippen molar-refractivity contribution in [3.05, 3.63) is 242 Å². The van der Waals surface area contributed by atoms with Gasteiger partial charge in [-0.05, 0) is 291 Å². The number of nitrogens with one attached hydrogen (secondary N) is 1. The first-order valence-electron chi connectivity index (χ1n) is 33.8. The second kappa shape index (κ2) is 20.7. The maximum atomic E-state index is 7.63. The van der Waals surface area contributed by atoms with E-state index in [1.807, 2.05) is 36.9 Å². The molecule has 0 aliphatic carbocycles. The Kier molecular flexibility index (Phi) is 12.6. The molecular formula is C85H72B3N5O3. The first-order chi connectivity index (χ1) is 46.2. The van der Waals surface area contributed by atoms with Crippen LogP contribution < -0.4 is 78.5 Å². The molecule has 0 spiro atoms. The van der Waals surface area contributed by atoms with Crippen LogP contribution in [0.2, 0.25) is 0 Å². The molecule has 0 amide bonds. The lowest BCUT2D eigenvalue weighted by Gasteiger charge is -2.47. The number of hydrogen-bond donors (Lipinski definition) is 1. The van der Waals surface area contributed by atoms with Gasteiger partial charge in [-0.1, -0.05) is 101 Å². The van der Waals surface area contributed by atoms with E-state index in [1.165, 1.54) is 133 Å². The fourth-order valence-electron chi connectivity index (χ4n) is 18.7. The lowest BCUT2D eigenvalue weighted by molar-refractivity contribution is 0.464. The third-order valence-corrected chi connectivity index (χ3v) is 21.6. The zero-order chi connectivity index (χ0) is 65.9. The van der Waals surface area contributed by atoms with Crippen LogP contribution in [0.25, 0.3) is 33.4 Å². The van der Waals surface area contributed by atoms with Gasteiger partial charge < -0.3 is 29.3 Å². The highest BCUT2D eigenvalue weighted by atomic mass is 16.5. The highest BCUT2D eigenvalue weighted by Gasteiger charge is 2.50. The molecule has 12 aromatic rings. The molecule has 0 fully saturated rings. The van der Waals surface area contributed by atoms with Crippen LogP contribution in [0.3, 0.4) is 0 Å². The van der Waals surface area contributed by atoms with Crippen molar-refractivity contribution < 1.29 is 14.2 Å². The van der Waals surface area contributed by atoms with Crippen LogP contribution in [0.4, 0.5) is 45.5 Å². The second-order valence-electron chi connectivity index (χ2n) is 28.7. The van der Waals surface area contributed by atoms with E-state index in [4.69, 9.17) is 24.2 Å². The standard InChI is InChI=1S/C85H72B3N5O3/c1-42-20-47(6)78(48(7)21-42)57-30-67-81-75(33-57)94-72-16-18-89-40-64(72)86(81)60-36-61-68(38-66(60)91-67)92(84-53(12)26-45(4)27-54(84)13)70-31-58(79-49(8)22-43(2)23-50(79)9)32-71-82(70)87(61)62-37-63-74(39-69(62)93(71)85-55(14)28-46(5)29-56(85)15)96-77-35-59(80-51(10)24-44(3)25-52(80)11)34-76-83(77)88(63)65-41-90-19-17-73(65)95-76/h16-41,91H,1-15H3. The van der Waals surface area contributed by atoms with Gasteiger partial charge in [-0.3, -0.25) is 9.97 Å². The van der Waals surface area contributed by atoms with E-state index in [2.05, 4.69) is 240 Å². The third kappa shape index (κ3) is 8.44. The second-order valence-corrected chi connectivity index (χ2v) is 28.7. The molecule has 96 heavy (non-hydrogen) atoms.